The van der Waals surface area contributed by atoms with Crippen LogP contribution in [0.1, 0.15) is 11.3 Å². The van der Waals surface area contributed by atoms with E-state index in [1.165, 1.54) is 0 Å². The van der Waals surface area contributed by atoms with Crippen LogP contribution in [0.5, 0.6) is 5.75 Å². The fraction of sp³-hybridized carbons (Fsp3) is 0.0667. The van der Waals surface area contributed by atoms with Crippen LogP contribution in [0, 0.1) is 6.92 Å². The molecule has 0 aliphatic rings. The summed E-state index contributed by atoms with van der Waals surface area (Å²) < 4.78 is 24.1. The Kier molecular flexibility index (Phi) is 6.76. The number of aromatic nitrogens is 2. The molecule has 5 rings (SSSR count). The molecule has 1 aromatic heterocycles. The average molecular weight is 508 g/mol. The van der Waals surface area contributed by atoms with Gasteiger partial charge in [0.15, 0.2) is 5.69 Å². The smallest absolute Gasteiger partial charge is 0.306 e. The zero-order valence-corrected chi connectivity index (χ0v) is 21.5. The molecular formula is C30H26N3O3P. The van der Waals surface area contributed by atoms with Crippen molar-refractivity contribution in [2.45, 2.75) is 6.92 Å². The number of para-hydroxylation sites is 2. The van der Waals surface area contributed by atoms with E-state index < -0.39 is 7.37 Å². The number of hydrogen-bond donors (Lipinski definition) is 0. The van der Waals surface area contributed by atoms with Crippen LogP contribution in [-0.2, 0) is 11.6 Å². The van der Waals surface area contributed by atoms with Crippen LogP contribution < -0.4 is 20.7 Å². The van der Waals surface area contributed by atoms with Gasteiger partial charge in [0, 0.05) is 18.8 Å². The second kappa shape index (κ2) is 10.3. The van der Waals surface area contributed by atoms with Crippen LogP contribution in [0.3, 0.4) is 0 Å². The van der Waals surface area contributed by atoms with Gasteiger partial charge >= 0.3 is 7.37 Å². The lowest BCUT2D eigenvalue weighted by Crippen LogP contribution is -2.20. The van der Waals surface area contributed by atoms with Gasteiger partial charge in [-0.2, -0.15) is 0 Å². The van der Waals surface area contributed by atoms with Crippen molar-refractivity contribution in [3.8, 4) is 11.4 Å². The SMILES string of the molecule is Cc1c(N=Cc2ccccc2OP(=O)(c2ccccc2)c2ccccc2)c(=O)n(-c2ccccc2)n1C. The van der Waals surface area contributed by atoms with Crippen molar-refractivity contribution in [2.24, 2.45) is 12.0 Å². The summed E-state index contributed by atoms with van der Waals surface area (Å²) in [5, 5.41) is 1.19. The molecule has 37 heavy (non-hydrogen) atoms. The van der Waals surface area contributed by atoms with Gasteiger partial charge in [-0.15, -0.1) is 0 Å². The molecule has 0 fully saturated rings. The van der Waals surface area contributed by atoms with E-state index in [0.29, 0.717) is 27.6 Å². The zero-order chi connectivity index (χ0) is 25.8. The predicted molar refractivity (Wildman–Crippen MR) is 150 cm³/mol. The molecule has 0 saturated heterocycles. The Bertz CT molecular complexity index is 1610. The van der Waals surface area contributed by atoms with Crippen molar-refractivity contribution in [3.63, 3.8) is 0 Å². The first-order chi connectivity index (χ1) is 18.0. The lowest BCUT2D eigenvalue weighted by molar-refractivity contribution is 0.502. The first-order valence-corrected chi connectivity index (χ1v) is 13.5. The number of aliphatic imine (C=N–C) groups is 1. The fourth-order valence-corrected chi connectivity index (χ4v) is 6.23. The highest BCUT2D eigenvalue weighted by molar-refractivity contribution is 7.74. The van der Waals surface area contributed by atoms with Gasteiger partial charge in [-0.05, 0) is 55.5 Å². The second-order valence-electron chi connectivity index (χ2n) is 8.52. The Morgan fingerprint density at radius 3 is 1.86 bits per heavy atom. The van der Waals surface area contributed by atoms with Gasteiger partial charge in [0.1, 0.15) is 5.75 Å². The summed E-state index contributed by atoms with van der Waals surface area (Å²) in [6.45, 7) is 1.86. The van der Waals surface area contributed by atoms with E-state index in [0.717, 1.165) is 11.4 Å². The van der Waals surface area contributed by atoms with Crippen LogP contribution in [0.2, 0.25) is 0 Å². The number of benzene rings is 4. The molecule has 6 nitrogen and oxygen atoms in total. The molecule has 0 radical (unpaired) electrons. The van der Waals surface area contributed by atoms with E-state index in [1.807, 2.05) is 123 Å². The summed E-state index contributed by atoms with van der Waals surface area (Å²) >= 11 is 0. The number of rotatable bonds is 7. The van der Waals surface area contributed by atoms with Crippen molar-refractivity contribution in [1.82, 2.24) is 9.36 Å². The summed E-state index contributed by atoms with van der Waals surface area (Å²) in [4.78, 5) is 17.8. The third kappa shape index (κ3) is 4.72. The largest absolute Gasteiger partial charge is 0.436 e. The lowest BCUT2D eigenvalue weighted by atomic mass is 10.2. The van der Waals surface area contributed by atoms with E-state index in [9.17, 15) is 9.36 Å². The molecule has 0 spiro atoms. The van der Waals surface area contributed by atoms with Crippen LogP contribution >= 0.6 is 7.37 Å². The maximum Gasteiger partial charge on any atom is 0.306 e. The third-order valence-electron chi connectivity index (χ3n) is 6.19. The van der Waals surface area contributed by atoms with E-state index in [1.54, 1.807) is 21.6 Å². The molecular weight excluding hydrogens is 481 g/mol. The number of hydrogen-bond acceptors (Lipinski definition) is 4. The molecule has 0 atom stereocenters. The predicted octanol–water partition coefficient (Wildman–Crippen LogP) is 5.54. The quantitative estimate of drug-likeness (QED) is 0.215. The van der Waals surface area contributed by atoms with E-state index in [4.69, 9.17) is 4.52 Å². The Hall–Kier alpha value is -4.41. The highest BCUT2D eigenvalue weighted by Gasteiger charge is 2.30. The van der Waals surface area contributed by atoms with Gasteiger partial charge in [-0.25, -0.2) is 9.67 Å². The van der Waals surface area contributed by atoms with Crippen molar-refractivity contribution in [1.29, 1.82) is 0 Å². The molecule has 0 N–H and O–H groups in total. The third-order valence-corrected chi connectivity index (χ3v) is 8.60. The summed E-state index contributed by atoms with van der Waals surface area (Å²) in [5.41, 5.74) is 2.21. The standard InChI is InChI=1S/C30H26N3O3P/c1-23-29(30(34)33(32(23)2)25-15-6-3-7-16-25)31-22-24-14-12-13-21-28(24)36-37(35,26-17-8-4-9-18-26)27-19-10-5-11-20-27/h3-22H,1-2H3. The van der Waals surface area contributed by atoms with E-state index >= 15 is 0 Å². The normalized spacial score (nSPS) is 11.6. The minimum absolute atomic E-state index is 0.222. The fourth-order valence-electron chi connectivity index (χ4n) is 4.15. The maximum absolute atomic E-state index is 14.4. The minimum atomic E-state index is -3.46. The van der Waals surface area contributed by atoms with Crippen molar-refractivity contribution >= 4 is 29.9 Å². The van der Waals surface area contributed by atoms with Gasteiger partial charge in [0.2, 0.25) is 0 Å². The molecule has 7 heteroatoms. The van der Waals surface area contributed by atoms with Crippen LogP contribution in [-0.4, -0.2) is 15.6 Å². The van der Waals surface area contributed by atoms with Crippen molar-refractivity contribution < 1.29 is 9.09 Å². The average Bonchev–Trinajstić information content (AvgIpc) is 3.16. The van der Waals surface area contributed by atoms with E-state index in [-0.39, 0.29) is 5.56 Å². The molecule has 4 aromatic carbocycles. The summed E-state index contributed by atoms with van der Waals surface area (Å²) in [7, 11) is -1.63. The summed E-state index contributed by atoms with van der Waals surface area (Å²) in [6, 6.07) is 35.1. The van der Waals surface area contributed by atoms with Gasteiger partial charge in [-0.3, -0.25) is 14.0 Å². The van der Waals surface area contributed by atoms with Gasteiger partial charge in [0.25, 0.3) is 5.56 Å². The minimum Gasteiger partial charge on any atom is -0.436 e. The molecule has 0 amide bonds. The Morgan fingerprint density at radius 2 is 1.27 bits per heavy atom. The molecule has 5 aromatic rings. The first-order valence-electron chi connectivity index (χ1n) is 11.9. The van der Waals surface area contributed by atoms with Crippen molar-refractivity contribution in [3.05, 3.63) is 137 Å². The summed E-state index contributed by atoms with van der Waals surface area (Å²) in [6.07, 6.45) is 1.59. The molecule has 1 heterocycles. The second-order valence-corrected chi connectivity index (χ2v) is 10.8. The lowest BCUT2D eigenvalue weighted by Gasteiger charge is -2.21. The highest BCUT2D eigenvalue weighted by Crippen LogP contribution is 2.45. The Morgan fingerprint density at radius 1 is 0.757 bits per heavy atom. The van der Waals surface area contributed by atoms with Gasteiger partial charge < -0.3 is 4.52 Å². The zero-order valence-electron chi connectivity index (χ0n) is 20.6. The van der Waals surface area contributed by atoms with Crippen molar-refractivity contribution in [2.75, 3.05) is 0 Å². The monoisotopic (exact) mass is 507 g/mol. The van der Waals surface area contributed by atoms with Gasteiger partial charge in [0.05, 0.1) is 22.0 Å². The first kappa shape index (κ1) is 24.3. The topological polar surface area (TPSA) is 65.6 Å². The van der Waals surface area contributed by atoms with Crippen LogP contribution in [0.15, 0.2) is 125 Å². The highest BCUT2D eigenvalue weighted by atomic mass is 31.2. The van der Waals surface area contributed by atoms with Crippen LogP contribution in [0.4, 0.5) is 5.69 Å². The molecule has 0 aliphatic carbocycles. The molecule has 0 saturated carbocycles. The Balaban J connectivity index is 1.55. The molecule has 184 valence electrons. The van der Waals surface area contributed by atoms with Crippen LogP contribution in [0.25, 0.3) is 5.69 Å². The maximum atomic E-state index is 14.4. The molecule has 0 unspecified atom stereocenters. The number of nitrogens with zero attached hydrogens (tertiary/aromatic N) is 3. The Labute approximate surface area is 215 Å². The van der Waals surface area contributed by atoms with Gasteiger partial charge in [-0.1, -0.05) is 66.7 Å². The van der Waals surface area contributed by atoms with E-state index in [2.05, 4.69) is 4.99 Å². The summed E-state index contributed by atoms with van der Waals surface area (Å²) in [5.74, 6) is 0.416. The molecule has 0 bridgehead atoms. The molecule has 0 aliphatic heterocycles.